The molecule has 1 aliphatic rings. The molecule has 10 heteroatoms. The largest absolute Gasteiger partial charge is 0.497 e. The van der Waals surface area contributed by atoms with Gasteiger partial charge in [-0.15, -0.1) is 0 Å². The van der Waals surface area contributed by atoms with Gasteiger partial charge in [0.25, 0.3) is 5.91 Å². The molecular weight excluding hydrogens is 502 g/mol. The van der Waals surface area contributed by atoms with Gasteiger partial charge in [-0.05, 0) is 61.0 Å². The quantitative estimate of drug-likeness (QED) is 0.362. The number of ether oxygens (including phenoxy) is 4. The van der Waals surface area contributed by atoms with Gasteiger partial charge in [0.05, 0.1) is 40.0 Å². The third-order valence-corrected chi connectivity index (χ3v) is 6.26. The number of methoxy groups -OCH3 is 3. The lowest BCUT2D eigenvalue weighted by molar-refractivity contribution is -0.124. The van der Waals surface area contributed by atoms with Gasteiger partial charge in [0.2, 0.25) is 5.91 Å². The molecular formula is C29H31N3O7. The minimum Gasteiger partial charge on any atom is -0.497 e. The summed E-state index contributed by atoms with van der Waals surface area (Å²) in [7, 11) is 4.56. The summed E-state index contributed by atoms with van der Waals surface area (Å²) >= 11 is 0. The Morgan fingerprint density at radius 1 is 0.872 bits per heavy atom. The maximum absolute atomic E-state index is 13.6. The average Bonchev–Trinajstić information content (AvgIpc) is 3.17. The van der Waals surface area contributed by atoms with Crippen LogP contribution in [0.5, 0.6) is 23.0 Å². The van der Waals surface area contributed by atoms with Gasteiger partial charge in [-0.3, -0.25) is 9.59 Å². The lowest BCUT2D eigenvalue weighted by atomic mass is 10.1. The zero-order valence-electron chi connectivity index (χ0n) is 22.3. The van der Waals surface area contributed by atoms with Crippen LogP contribution in [0.3, 0.4) is 0 Å². The Bertz CT molecular complexity index is 1340. The maximum atomic E-state index is 13.6. The molecule has 3 aromatic carbocycles. The van der Waals surface area contributed by atoms with E-state index in [9.17, 15) is 14.4 Å². The van der Waals surface area contributed by atoms with Gasteiger partial charge in [-0.25, -0.2) is 9.69 Å². The van der Waals surface area contributed by atoms with Crippen molar-refractivity contribution in [2.75, 3.05) is 38.2 Å². The van der Waals surface area contributed by atoms with Crippen molar-refractivity contribution in [3.63, 3.8) is 0 Å². The lowest BCUT2D eigenvalue weighted by Crippen LogP contribution is -2.37. The first kappa shape index (κ1) is 27.3. The van der Waals surface area contributed by atoms with Crippen LogP contribution in [-0.2, 0) is 16.1 Å². The van der Waals surface area contributed by atoms with E-state index in [1.54, 1.807) is 66.7 Å². The monoisotopic (exact) mass is 533 g/mol. The topological polar surface area (TPSA) is 107 Å². The Morgan fingerprint density at radius 3 is 2.28 bits per heavy atom. The summed E-state index contributed by atoms with van der Waals surface area (Å²) < 4.78 is 21.4. The number of urea groups is 1. The second-order valence-corrected chi connectivity index (χ2v) is 8.70. The number of imide groups is 1. The van der Waals surface area contributed by atoms with Crippen molar-refractivity contribution in [1.82, 2.24) is 4.90 Å². The molecule has 0 spiro atoms. The summed E-state index contributed by atoms with van der Waals surface area (Å²) in [5.74, 6) is 1.29. The highest BCUT2D eigenvalue weighted by molar-refractivity contribution is 6.22. The van der Waals surface area contributed by atoms with Gasteiger partial charge < -0.3 is 29.2 Å². The normalized spacial score (nSPS) is 14.8. The number of nitrogens with zero attached hydrogens (tertiary/aromatic N) is 2. The van der Waals surface area contributed by atoms with Crippen molar-refractivity contribution in [3.8, 4) is 23.0 Å². The molecule has 0 bridgehead atoms. The number of amides is 4. The molecule has 0 aromatic heterocycles. The van der Waals surface area contributed by atoms with E-state index in [2.05, 4.69) is 5.32 Å². The van der Waals surface area contributed by atoms with Gasteiger partial charge in [0.1, 0.15) is 17.5 Å². The molecule has 0 saturated carbocycles. The predicted octanol–water partition coefficient (Wildman–Crippen LogP) is 4.48. The van der Waals surface area contributed by atoms with E-state index < -0.39 is 23.9 Å². The summed E-state index contributed by atoms with van der Waals surface area (Å²) in [5, 5.41) is 2.80. The van der Waals surface area contributed by atoms with Crippen molar-refractivity contribution >= 4 is 29.2 Å². The molecule has 1 heterocycles. The summed E-state index contributed by atoms with van der Waals surface area (Å²) in [6, 6.07) is 17.3. The van der Waals surface area contributed by atoms with Crippen molar-refractivity contribution < 1.29 is 33.3 Å². The highest BCUT2D eigenvalue weighted by atomic mass is 16.5. The van der Waals surface area contributed by atoms with Crippen LogP contribution >= 0.6 is 0 Å². The number of carbonyl (C=O) groups excluding carboxylic acids is 3. The number of nitrogens with one attached hydrogen (secondary N) is 1. The Hall–Kier alpha value is -4.73. The van der Waals surface area contributed by atoms with Crippen LogP contribution in [0, 0.1) is 0 Å². The van der Waals surface area contributed by atoms with E-state index in [-0.39, 0.29) is 13.0 Å². The second-order valence-electron chi connectivity index (χ2n) is 8.70. The molecule has 1 fully saturated rings. The summed E-state index contributed by atoms with van der Waals surface area (Å²) in [5.41, 5.74) is 1.62. The summed E-state index contributed by atoms with van der Waals surface area (Å²) in [4.78, 5) is 42.8. The fourth-order valence-electron chi connectivity index (χ4n) is 4.37. The van der Waals surface area contributed by atoms with Gasteiger partial charge in [-0.2, -0.15) is 0 Å². The predicted molar refractivity (Wildman–Crippen MR) is 146 cm³/mol. The Labute approximate surface area is 227 Å². The minimum absolute atomic E-state index is 0.0758. The first-order valence-corrected chi connectivity index (χ1v) is 12.4. The van der Waals surface area contributed by atoms with E-state index in [4.69, 9.17) is 18.9 Å². The first-order chi connectivity index (χ1) is 18.9. The molecule has 3 aromatic rings. The smallest absolute Gasteiger partial charge is 0.332 e. The zero-order chi connectivity index (χ0) is 27.9. The third kappa shape index (κ3) is 6.06. The second kappa shape index (κ2) is 12.2. The van der Waals surface area contributed by atoms with Crippen molar-refractivity contribution in [1.29, 1.82) is 0 Å². The number of carbonyl (C=O) groups is 3. The van der Waals surface area contributed by atoms with Crippen LogP contribution in [0.1, 0.15) is 18.9 Å². The summed E-state index contributed by atoms with van der Waals surface area (Å²) in [6.07, 6.45) is -0.231. The average molecular weight is 534 g/mol. The van der Waals surface area contributed by atoms with E-state index in [0.717, 1.165) is 4.90 Å². The van der Waals surface area contributed by atoms with Crippen molar-refractivity contribution in [2.45, 2.75) is 25.9 Å². The molecule has 0 radical (unpaired) electrons. The number of hydrogen-bond acceptors (Lipinski definition) is 7. The van der Waals surface area contributed by atoms with Crippen LogP contribution < -0.4 is 29.2 Å². The van der Waals surface area contributed by atoms with Crippen LogP contribution in [-0.4, -0.2) is 56.7 Å². The lowest BCUT2D eigenvalue weighted by Gasteiger charge is -2.22. The molecule has 1 aliphatic heterocycles. The minimum atomic E-state index is -1.03. The number of benzene rings is 3. The molecule has 1 saturated heterocycles. The highest BCUT2D eigenvalue weighted by Crippen LogP contribution is 2.33. The van der Waals surface area contributed by atoms with Gasteiger partial charge >= 0.3 is 6.03 Å². The molecule has 4 rings (SSSR count). The first-order valence-electron chi connectivity index (χ1n) is 12.4. The van der Waals surface area contributed by atoms with Crippen LogP contribution in [0.2, 0.25) is 0 Å². The Morgan fingerprint density at radius 2 is 1.62 bits per heavy atom. The van der Waals surface area contributed by atoms with Gasteiger partial charge in [0, 0.05) is 18.3 Å². The van der Waals surface area contributed by atoms with E-state index >= 15 is 0 Å². The fourth-order valence-corrected chi connectivity index (χ4v) is 4.37. The molecule has 10 nitrogen and oxygen atoms in total. The SMILES string of the molecule is CCOc1ccc(NC(=O)C[C@H]2C(=O)N(c3cccc(OC)c3)C(=O)N2Cc2ccc(OC)c(OC)c2)cc1. The third-order valence-electron chi connectivity index (χ3n) is 6.26. The molecule has 39 heavy (non-hydrogen) atoms. The zero-order valence-corrected chi connectivity index (χ0v) is 22.3. The van der Waals surface area contributed by atoms with E-state index in [1.165, 1.54) is 26.2 Å². The number of rotatable bonds is 11. The number of anilines is 2. The maximum Gasteiger partial charge on any atom is 0.332 e. The van der Waals surface area contributed by atoms with Crippen molar-refractivity contribution in [3.05, 3.63) is 72.3 Å². The fraction of sp³-hybridized carbons (Fsp3) is 0.276. The molecule has 0 unspecified atom stereocenters. The number of hydrogen-bond donors (Lipinski definition) is 1. The van der Waals surface area contributed by atoms with Gasteiger partial charge in [-0.1, -0.05) is 12.1 Å². The van der Waals surface area contributed by atoms with Crippen LogP contribution in [0.4, 0.5) is 16.2 Å². The molecule has 0 aliphatic carbocycles. The summed E-state index contributed by atoms with van der Waals surface area (Å²) in [6.45, 7) is 2.49. The van der Waals surface area contributed by atoms with E-state index in [1.807, 2.05) is 6.92 Å². The molecule has 1 N–H and O–H groups in total. The standard InChI is InChI=1S/C29H31N3O7/c1-5-39-22-12-10-20(11-13-22)30-27(33)17-24-28(34)32(21-7-6-8-23(16-21)36-2)29(35)31(24)18-19-9-14-25(37-3)26(15-19)38-4/h6-16,24H,5,17-18H2,1-4H3,(H,30,33)/t24-/m0/s1. The molecule has 204 valence electrons. The van der Waals surface area contributed by atoms with Crippen LogP contribution in [0.25, 0.3) is 0 Å². The van der Waals surface area contributed by atoms with Crippen molar-refractivity contribution in [2.24, 2.45) is 0 Å². The van der Waals surface area contributed by atoms with Crippen LogP contribution in [0.15, 0.2) is 66.7 Å². The molecule has 1 atom stereocenters. The Kier molecular flexibility index (Phi) is 8.55. The molecule has 4 amide bonds. The van der Waals surface area contributed by atoms with E-state index in [0.29, 0.717) is 46.5 Å². The highest BCUT2D eigenvalue weighted by Gasteiger charge is 2.46. The van der Waals surface area contributed by atoms with Gasteiger partial charge in [0.15, 0.2) is 11.5 Å². The Balaban J connectivity index is 1.61.